The molecular weight excluding hydrogens is 453 g/mol. The number of nitrogens with one attached hydrogen (secondary N) is 1. The van der Waals surface area contributed by atoms with Crippen LogP contribution in [0.1, 0.15) is 11.1 Å². The highest BCUT2D eigenvalue weighted by Gasteiger charge is 2.31. The lowest BCUT2D eigenvalue weighted by molar-refractivity contribution is -0.129. The van der Waals surface area contributed by atoms with Gasteiger partial charge in [0.15, 0.2) is 0 Å². The second-order valence-corrected chi connectivity index (χ2v) is 10.5. The van der Waals surface area contributed by atoms with Crippen LogP contribution in [-0.4, -0.2) is 67.1 Å². The van der Waals surface area contributed by atoms with Gasteiger partial charge in [-0.15, -0.1) is 11.8 Å². The number of anilines is 1. The van der Waals surface area contributed by atoms with Crippen molar-refractivity contribution in [3.63, 3.8) is 0 Å². The SMILES string of the molecule is Cc1ccc(C)c(S(=O)(=O)N2CCN(C(=O)CSCC(=O)Nc3ccccc3F)CC2)c1. The summed E-state index contributed by atoms with van der Waals surface area (Å²) < 4.78 is 41.0. The molecular formula is C22H26FN3O4S2. The van der Waals surface area contributed by atoms with Gasteiger partial charge in [0.05, 0.1) is 22.1 Å². The maximum absolute atomic E-state index is 13.6. The molecule has 1 saturated heterocycles. The van der Waals surface area contributed by atoms with Crippen molar-refractivity contribution in [2.75, 3.05) is 43.0 Å². The molecule has 0 spiro atoms. The molecule has 1 N–H and O–H groups in total. The van der Waals surface area contributed by atoms with Crippen LogP contribution in [0.4, 0.5) is 10.1 Å². The summed E-state index contributed by atoms with van der Waals surface area (Å²) in [6.45, 7) is 4.66. The number of halogens is 1. The third kappa shape index (κ3) is 5.87. The largest absolute Gasteiger partial charge is 0.339 e. The van der Waals surface area contributed by atoms with Crippen LogP contribution >= 0.6 is 11.8 Å². The minimum absolute atomic E-state index is 0.0149. The molecule has 0 radical (unpaired) electrons. The maximum atomic E-state index is 13.6. The predicted molar refractivity (Wildman–Crippen MR) is 124 cm³/mol. The van der Waals surface area contributed by atoms with Gasteiger partial charge in [-0.05, 0) is 43.2 Å². The molecule has 2 aromatic carbocycles. The van der Waals surface area contributed by atoms with Crippen molar-refractivity contribution in [1.82, 2.24) is 9.21 Å². The number of sulfonamides is 1. The average molecular weight is 480 g/mol. The van der Waals surface area contributed by atoms with Crippen LogP contribution in [0.15, 0.2) is 47.4 Å². The summed E-state index contributed by atoms with van der Waals surface area (Å²) in [6, 6.07) is 11.2. The van der Waals surface area contributed by atoms with Crippen LogP contribution in [0.25, 0.3) is 0 Å². The molecule has 2 aromatic rings. The molecule has 0 aliphatic carbocycles. The molecule has 0 saturated carbocycles. The smallest absolute Gasteiger partial charge is 0.243 e. The van der Waals surface area contributed by atoms with E-state index in [0.29, 0.717) is 23.5 Å². The first kappa shape index (κ1) is 24.2. The average Bonchev–Trinajstić information content (AvgIpc) is 2.77. The molecule has 1 aliphatic heterocycles. The molecule has 3 rings (SSSR count). The van der Waals surface area contributed by atoms with Crippen molar-refractivity contribution in [1.29, 1.82) is 0 Å². The molecule has 10 heteroatoms. The van der Waals surface area contributed by atoms with E-state index in [1.807, 2.05) is 13.0 Å². The van der Waals surface area contributed by atoms with Crippen LogP contribution in [0, 0.1) is 19.7 Å². The number of hydrogen-bond donors (Lipinski definition) is 1. The van der Waals surface area contributed by atoms with Gasteiger partial charge in [0.25, 0.3) is 0 Å². The molecule has 0 aromatic heterocycles. The Morgan fingerprint density at radius 1 is 1.03 bits per heavy atom. The Labute approximate surface area is 192 Å². The van der Waals surface area contributed by atoms with Gasteiger partial charge in [-0.2, -0.15) is 4.31 Å². The van der Waals surface area contributed by atoms with E-state index < -0.39 is 21.7 Å². The lowest BCUT2D eigenvalue weighted by atomic mass is 10.2. The molecule has 0 atom stereocenters. The van der Waals surface area contributed by atoms with Crippen LogP contribution in [-0.2, 0) is 19.6 Å². The summed E-state index contributed by atoms with van der Waals surface area (Å²) in [5.74, 6) is -0.958. The van der Waals surface area contributed by atoms with E-state index in [0.717, 1.165) is 17.3 Å². The lowest BCUT2D eigenvalue weighted by Crippen LogP contribution is -2.51. The first-order valence-electron chi connectivity index (χ1n) is 10.2. The van der Waals surface area contributed by atoms with E-state index in [1.54, 1.807) is 30.0 Å². The van der Waals surface area contributed by atoms with E-state index in [9.17, 15) is 22.4 Å². The molecule has 1 fully saturated rings. The Balaban J connectivity index is 1.46. The zero-order valence-corrected chi connectivity index (χ0v) is 19.6. The highest BCUT2D eigenvalue weighted by molar-refractivity contribution is 8.00. The van der Waals surface area contributed by atoms with Gasteiger partial charge in [-0.25, -0.2) is 12.8 Å². The van der Waals surface area contributed by atoms with E-state index in [-0.39, 0.29) is 36.2 Å². The standard InChI is InChI=1S/C22H26FN3O4S2/c1-16-7-8-17(2)20(13-16)32(29,30)26-11-9-25(10-12-26)22(28)15-31-14-21(27)24-19-6-4-3-5-18(19)23/h3-8,13H,9-12,14-15H2,1-2H3,(H,24,27). The zero-order valence-electron chi connectivity index (χ0n) is 18.0. The topological polar surface area (TPSA) is 86.8 Å². The van der Waals surface area contributed by atoms with Crippen molar-refractivity contribution in [2.45, 2.75) is 18.7 Å². The molecule has 2 amide bonds. The summed E-state index contributed by atoms with van der Waals surface area (Å²) in [5.41, 5.74) is 1.67. The van der Waals surface area contributed by atoms with Gasteiger partial charge >= 0.3 is 0 Å². The Hall–Kier alpha value is -2.43. The number of carbonyl (C=O) groups excluding carboxylic acids is 2. The molecule has 1 heterocycles. The summed E-state index contributed by atoms with van der Waals surface area (Å²) >= 11 is 1.14. The van der Waals surface area contributed by atoms with E-state index in [4.69, 9.17) is 0 Å². The number of benzene rings is 2. The number of piperazine rings is 1. The number of hydrogen-bond acceptors (Lipinski definition) is 5. The Morgan fingerprint density at radius 3 is 2.41 bits per heavy atom. The van der Waals surface area contributed by atoms with Crippen molar-refractivity contribution in [3.8, 4) is 0 Å². The summed E-state index contributed by atoms with van der Waals surface area (Å²) in [4.78, 5) is 26.3. The van der Waals surface area contributed by atoms with Gasteiger partial charge in [-0.1, -0.05) is 24.3 Å². The molecule has 0 bridgehead atoms. The third-order valence-corrected chi connectivity index (χ3v) is 8.12. The van der Waals surface area contributed by atoms with Crippen LogP contribution in [0.5, 0.6) is 0 Å². The van der Waals surface area contributed by atoms with Crippen molar-refractivity contribution < 1.29 is 22.4 Å². The van der Waals surface area contributed by atoms with Gasteiger partial charge < -0.3 is 10.2 Å². The van der Waals surface area contributed by atoms with Crippen molar-refractivity contribution >= 4 is 39.3 Å². The predicted octanol–water partition coefficient (Wildman–Crippen LogP) is 2.65. The number of amides is 2. The molecule has 32 heavy (non-hydrogen) atoms. The second-order valence-electron chi connectivity index (χ2n) is 7.57. The van der Waals surface area contributed by atoms with E-state index in [1.165, 1.54) is 22.5 Å². The van der Waals surface area contributed by atoms with Gasteiger partial charge in [0.2, 0.25) is 21.8 Å². The zero-order chi connectivity index (χ0) is 23.3. The van der Waals surface area contributed by atoms with E-state index >= 15 is 0 Å². The number of carbonyl (C=O) groups is 2. The van der Waals surface area contributed by atoms with Crippen LogP contribution < -0.4 is 5.32 Å². The fourth-order valence-electron chi connectivity index (χ4n) is 3.37. The quantitative estimate of drug-likeness (QED) is 0.660. The molecule has 1 aliphatic rings. The fraction of sp³-hybridized carbons (Fsp3) is 0.364. The first-order valence-corrected chi connectivity index (χ1v) is 12.8. The first-order chi connectivity index (χ1) is 15.2. The number of para-hydroxylation sites is 1. The number of thioether (sulfide) groups is 1. The fourth-order valence-corrected chi connectivity index (χ4v) is 5.82. The number of rotatable bonds is 7. The monoisotopic (exact) mass is 479 g/mol. The molecule has 0 unspecified atom stereocenters. The highest BCUT2D eigenvalue weighted by atomic mass is 32.2. The minimum atomic E-state index is -3.62. The van der Waals surface area contributed by atoms with Crippen LogP contribution in [0.3, 0.4) is 0 Å². The summed E-state index contributed by atoms with van der Waals surface area (Å²) in [6.07, 6.45) is 0. The molecule has 7 nitrogen and oxygen atoms in total. The second kappa shape index (κ2) is 10.5. The van der Waals surface area contributed by atoms with Gasteiger partial charge in [0.1, 0.15) is 5.82 Å². The number of aryl methyl sites for hydroxylation is 2. The Morgan fingerprint density at radius 2 is 1.72 bits per heavy atom. The van der Waals surface area contributed by atoms with Crippen LogP contribution in [0.2, 0.25) is 0 Å². The van der Waals surface area contributed by atoms with Gasteiger partial charge in [0, 0.05) is 26.2 Å². The number of nitrogens with zero attached hydrogens (tertiary/aromatic N) is 2. The summed E-state index contributed by atoms with van der Waals surface area (Å²) in [5, 5.41) is 2.48. The Bertz CT molecular complexity index is 1100. The lowest BCUT2D eigenvalue weighted by Gasteiger charge is -2.34. The van der Waals surface area contributed by atoms with E-state index in [2.05, 4.69) is 5.32 Å². The third-order valence-electron chi connectivity index (χ3n) is 5.16. The summed E-state index contributed by atoms with van der Waals surface area (Å²) in [7, 11) is -3.62. The van der Waals surface area contributed by atoms with Crippen molar-refractivity contribution in [3.05, 3.63) is 59.4 Å². The maximum Gasteiger partial charge on any atom is 0.243 e. The molecule has 172 valence electrons. The normalized spacial score (nSPS) is 14.9. The Kier molecular flexibility index (Phi) is 7.91. The van der Waals surface area contributed by atoms with Crippen molar-refractivity contribution in [2.24, 2.45) is 0 Å². The highest BCUT2D eigenvalue weighted by Crippen LogP contribution is 2.22. The van der Waals surface area contributed by atoms with Gasteiger partial charge in [-0.3, -0.25) is 9.59 Å². The minimum Gasteiger partial charge on any atom is -0.339 e.